The van der Waals surface area contributed by atoms with Crippen molar-refractivity contribution in [1.82, 2.24) is 34.7 Å². The molecule has 0 radical (unpaired) electrons. The SMILES string of the molecule is Cn1nnn(-c2cc(Nc3ncc(C#N)c(N[C@H]4C[C@H]5CCCN5C(C)(C)C4)n3)c(F)cc2C2CC2)c1=O. The van der Waals surface area contributed by atoms with Crippen LogP contribution in [0.3, 0.4) is 0 Å². The first-order valence-electron chi connectivity index (χ1n) is 13.1. The van der Waals surface area contributed by atoms with E-state index in [0.29, 0.717) is 23.1 Å². The van der Waals surface area contributed by atoms with E-state index in [1.165, 1.54) is 36.8 Å². The van der Waals surface area contributed by atoms with Crippen LogP contribution in [0.1, 0.15) is 69.4 Å². The van der Waals surface area contributed by atoms with Gasteiger partial charge in [-0.1, -0.05) is 0 Å². The molecule has 4 heterocycles. The van der Waals surface area contributed by atoms with Crippen molar-refractivity contribution in [3.8, 4) is 11.8 Å². The Morgan fingerprint density at radius 3 is 2.74 bits per heavy atom. The van der Waals surface area contributed by atoms with Crippen LogP contribution in [0.2, 0.25) is 0 Å². The summed E-state index contributed by atoms with van der Waals surface area (Å²) in [6.45, 7) is 5.67. The largest absolute Gasteiger partial charge is 0.368 e. The summed E-state index contributed by atoms with van der Waals surface area (Å²) in [6, 6.07) is 5.83. The zero-order chi connectivity index (χ0) is 26.6. The number of halogens is 1. The van der Waals surface area contributed by atoms with Gasteiger partial charge in [0.25, 0.3) is 0 Å². The van der Waals surface area contributed by atoms with E-state index in [9.17, 15) is 10.1 Å². The third-order valence-electron chi connectivity index (χ3n) is 8.04. The fourth-order valence-electron chi connectivity index (χ4n) is 6.11. The molecule has 1 aliphatic carbocycles. The number of aryl methyl sites for hydroxylation is 1. The van der Waals surface area contributed by atoms with Crippen LogP contribution in [0.25, 0.3) is 5.69 Å². The van der Waals surface area contributed by atoms with Crippen molar-refractivity contribution < 1.29 is 4.39 Å². The molecule has 2 atom stereocenters. The average Bonchev–Trinajstić information content (AvgIpc) is 3.52. The normalized spacial score (nSPS) is 22.6. The second kappa shape index (κ2) is 9.16. The summed E-state index contributed by atoms with van der Waals surface area (Å²) in [6.07, 6.45) is 7.59. The second-order valence-electron chi connectivity index (χ2n) is 11.2. The van der Waals surface area contributed by atoms with Gasteiger partial charge in [0.1, 0.15) is 23.3 Å². The van der Waals surface area contributed by atoms with E-state index in [2.05, 4.69) is 55.8 Å². The van der Waals surface area contributed by atoms with Gasteiger partial charge in [0, 0.05) is 24.7 Å². The van der Waals surface area contributed by atoms with Gasteiger partial charge >= 0.3 is 5.69 Å². The number of tetrazole rings is 1. The molecule has 2 aromatic heterocycles. The first-order chi connectivity index (χ1) is 18.2. The molecule has 2 aliphatic heterocycles. The Kier molecular flexibility index (Phi) is 5.90. The number of piperidine rings is 1. The quantitative estimate of drug-likeness (QED) is 0.505. The molecule has 38 heavy (non-hydrogen) atoms. The molecule has 1 aromatic carbocycles. The highest BCUT2D eigenvalue weighted by molar-refractivity contribution is 5.64. The molecule has 1 saturated carbocycles. The van der Waals surface area contributed by atoms with Crippen LogP contribution in [0.5, 0.6) is 0 Å². The molecule has 11 nitrogen and oxygen atoms in total. The number of hydrogen-bond donors (Lipinski definition) is 2. The second-order valence-corrected chi connectivity index (χ2v) is 11.2. The van der Waals surface area contributed by atoms with Gasteiger partial charge in [-0.05, 0) is 93.0 Å². The maximum Gasteiger partial charge on any atom is 0.368 e. The predicted molar refractivity (Wildman–Crippen MR) is 139 cm³/mol. The number of nitriles is 1. The van der Waals surface area contributed by atoms with Gasteiger partial charge in [-0.25, -0.2) is 14.2 Å². The number of hydrogen-bond acceptors (Lipinski definition) is 9. The molecule has 198 valence electrons. The maximum absolute atomic E-state index is 15.2. The van der Waals surface area contributed by atoms with Crippen molar-refractivity contribution in [3.05, 3.63) is 45.8 Å². The van der Waals surface area contributed by atoms with Crippen molar-refractivity contribution in [2.45, 2.75) is 75.9 Å². The monoisotopic (exact) mass is 518 g/mol. The van der Waals surface area contributed by atoms with E-state index in [0.717, 1.165) is 42.5 Å². The smallest absolute Gasteiger partial charge is 0.366 e. The van der Waals surface area contributed by atoms with E-state index in [1.54, 1.807) is 6.07 Å². The summed E-state index contributed by atoms with van der Waals surface area (Å²) in [5, 5.41) is 23.9. The summed E-state index contributed by atoms with van der Waals surface area (Å²) in [5.74, 6) is 0.280. The molecule has 2 N–H and O–H groups in total. The molecular weight excluding hydrogens is 487 g/mol. The number of nitrogens with zero attached hydrogens (tertiary/aromatic N) is 8. The minimum Gasteiger partial charge on any atom is -0.366 e. The zero-order valence-corrected chi connectivity index (χ0v) is 21.8. The van der Waals surface area contributed by atoms with Gasteiger partial charge in [0.2, 0.25) is 5.95 Å². The van der Waals surface area contributed by atoms with Gasteiger partial charge < -0.3 is 10.6 Å². The van der Waals surface area contributed by atoms with E-state index in [-0.39, 0.29) is 29.1 Å². The lowest BCUT2D eigenvalue weighted by Gasteiger charge is -2.47. The molecule has 2 saturated heterocycles. The van der Waals surface area contributed by atoms with Gasteiger partial charge in [-0.3, -0.25) is 4.90 Å². The number of aromatic nitrogens is 6. The van der Waals surface area contributed by atoms with Crippen LogP contribution in [-0.4, -0.2) is 58.8 Å². The number of fused-ring (bicyclic) bond motifs is 1. The predicted octanol–water partition coefficient (Wildman–Crippen LogP) is 3.21. The lowest BCUT2D eigenvalue weighted by atomic mass is 9.84. The Hall–Kier alpha value is -3.85. The Morgan fingerprint density at radius 2 is 2.03 bits per heavy atom. The molecule has 0 bridgehead atoms. The van der Waals surface area contributed by atoms with Gasteiger partial charge in [0.15, 0.2) is 0 Å². The van der Waals surface area contributed by atoms with Gasteiger partial charge in [0.05, 0.1) is 17.6 Å². The number of rotatable bonds is 6. The average molecular weight is 519 g/mol. The van der Waals surface area contributed by atoms with Crippen molar-refractivity contribution in [2.75, 3.05) is 17.2 Å². The topological polar surface area (TPSA) is 130 Å². The first-order valence-corrected chi connectivity index (χ1v) is 13.1. The summed E-state index contributed by atoms with van der Waals surface area (Å²) < 4.78 is 17.5. The third-order valence-corrected chi connectivity index (χ3v) is 8.04. The molecule has 3 aromatic rings. The van der Waals surface area contributed by atoms with Crippen LogP contribution in [0.4, 0.5) is 21.8 Å². The van der Waals surface area contributed by atoms with E-state index >= 15 is 4.39 Å². The Bertz CT molecular complexity index is 1480. The highest BCUT2D eigenvalue weighted by Gasteiger charge is 2.43. The van der Waals surface area contributed by atoms with Crippen molar-refractivity contribution in [1.29, 1.82) is 5.26 Å². The Balaban J connectivity index is 1.30. The molecule has 3 fully saturated rings. The summed E-state index contributed by atoms with van der Waals surface area (Å²) >= 11 is 0. The molecule has 3 aliphatic rings. The Labute approximate surface area is 219 Å². The number of benzene rings is 1. The lowest BCUT2D eigenvalue weighted by molar-refractivity contribution is 0.0501. The zero-order valence-electron chi connectivity index (χ0n) is 21.8. The first kappa shape index (κ1) is 24.5. The minimum absolute atomic E-state index is 0.0548. The molecule has 6 rings (SSSR count). The van der Waals surface area contributed by atoms with Gasteiger partial charge in [-0.2, -0.15) is 19.6 Å². The summed E-state index contributed by atoms with van der Waals surface area (Å²) in [4.78, 5) is 24.0. The van der Waals surface area contributed by atoms with Crippen LogP contribution in [-0.2, 0) is 7.05 Å². The van der Waals surface area contributed by atoms with Crippen molar-refractivity contribution >= 4 is 17.5 Å². The van der Waals surface area contributed by atoms with Crippen LogP contribution < -0.4 is 16.3 Å². The lowest BCUT2D eigenvalue weighted by Crippen LogP contribution is -2.55. The van der Waals surface area contributed by atoms with Gasteiger partial charge in [-0.15, -0.1) is 0 Å². The van der Waals surface area contributed by atoms with Crippen molar-refractivity contribution in [2.24, 2.45) is 7.05 Å². The van der Waals surface area contributed by atoms with Crippen LogP contribution in [0.15, 0.2) is 23.1 Å². The van der Waals surface area contributed by atoms with E-state index in [4.69, 9.17) is 0 Å². The van der Waals surface area contributed by atoms with E-state index < -0.39 is 11.5 Å². The maximum atomic E-state index is 15.2. The fourth-order valence-corrected chi connectivity index (χ4v) is 6.11. The summed E-state index contributed by atoms with van der Waals surface area (Å²) in [7, 11) is 1.52. The molecule has 0 spiro atoms. The highest BCUT2D eigenvalue weighted by atomic mass is 19.1. The number of nitrogens with one attached hydrogen (secondary N) is 2. The Morgan fingerprint density at radius 1 is 1.21 bits per heavy atom. The molecule has 0 unspecified atom stereocenters. The molecular formula is C26H31FN10O. The third kappa shape index (κ3) is 4.41. The van der Waals surface area contributed by atoms with E-state index in [1.807, 2.05) is 0 Å². The molecule has 12 heteroatoms. The summed E-state index contributed by atoms with van der Waals surface area (Å²) in [5.41, 5.74) is 1.28. The minimum atomic E-state index is -0.481. The van der Waals surface area contributed by atoms with Crippen LogP contribution >= 0.6 is 0 Å². The standard InChI is InChI=1S/C26H31FN10O/c1-26(2)12-17(9-18-5-4-8-36(18)26)30-23-16(13-28)14-29-24(32-23)31-21-11-22(37-25(38)35(3)33-34-37)19(10-20(21)27)15-6-7-15/h10-11,14-15,17-18H,4-9,12H2,1-3H3,(H2,29,30,31,32)/t17-,18+/m0/s1. The van der Waals surface area contributed by atoms with Crippen molar-refractivity contribution in [3.63, 3.8) is 0 Å². The molecule has 0 amide bonds. The fraction of sp³-hybridized carbons (Fsp3) is 0.538. The van der Waals surface area contributed by atoms with Crippen LogP contribution in [0, 0.1) is 17.1 Å². The number of anilines is 3. The highest BCUT2D eigenvalue weighted by Crippen LogP contribution is 2.44.